The number of unbranched alkanes of at least 4 members (excludes halogenated alkanes) is 2. The van der Waals surface area contributed by atoms with Crippen LogP contribution in [0, 0.1) is 23.4 Å². The largest absolute Gasteiger partial charge is 0.409 e. The second kappa shape index (κ2) is 11.9. The van der Waals surface area contributed by atoms with Crippen molar-refractivity contribution in [3.05, 3.63) is 76.1 Å². The van der Waals surface area contributed by atoms with Gasteiger partial charge in [0, 0.05) is 11.6 Å². The smallest absolute Gasteiger partial charge is 0.207 e. The van der Waals surface area contributed by atoms with Crippen LogP contribution in [0.1, 0.15) is 86.5 Å². The number of rotatable bonds is 9. The lowest BCUT2D eigenvalue weighted by molar-refractivity contribution is -0.0790. The molecule has 0 heterocycles. The Morgan fingerprint density at radius 3 is 2.12 bits per heavy atom. The SMILES string of the molecule is CCCCCC1CCC(c2ccc(CCc3cc(F)c(/C=C/C(F)(F)F)c(F)c3)c(F)c2)CC1. The quantitative estimate of drug-likeness (QED) is 0.247. The van der Waals surface area contributed by atoms with Gasteiger partial charge in [-0.3, -0.25) is 0 Å². The fourth-order valence-electron chi connectivity index (χ4n) is 4.88. The Kier molecular flexibility index (Phi) is 9.26. The lowest BCUT2D eigenvalue weighted by Crippen LogP contribution is -2.13. The van der Waals surface area contributed by atoms with Crippen molar-refractivity contribution >= 4 is 6.08 Å². The number of aryl methyl sites for hydroxylation is 2. The number of allylic oxidation sites excluding steroid dienone is 1. The minimum absolute atomic E-state index is 0.177. The van der Waals surface area contributed by atoms with Crippen LogP contribution in [0.2, 0.25) is 0 Å². The molecule has 0 N–H and O–H groups in total. The summed E-state index contributed by atoms with van der Waals surface area (Å²) in [4.78, 5) is 0. The van der Waals surface area contributed by atoms with E-state index in [4.69, 9.17) is 0 Å². The van der Waals surface area contributed by atoms with Gasteiger partial charge in [0.15, 0.2) is 0 Å². The molecule has 0 atom stereocenters. The van der Waals surface area contributed by atoms with Gasteiger partial charge in [0.25, 0.3) is 0 Å². The Morgan fingerprint density at radius 1 is 0.853 bits per heavy atom. The Hall–Kier alpha value is -2.24. The van der Waals surface area contributed by atoms with E-state index in [1.54, 1.807) is 12.1 Å². The highest BCUT2D eigenvalue weighted by molar-refractivity contribution is 5.52. The second-order valence-electron chi connectivity index (χ2n) is 9.41. The van der Waals surface area contributed by atoms with Crippen LogP contribution in [0.25, 0.3) is 6.08 Å². The van der Waals surface area contributed by atoms with Crippen molar-refractivity contribution < 1.29 is 26.3 Å². The number of halogens is 6. The summed E-state index contributed by atoms with van der Waals surface area (Å²) in [7, 11) is 0. The van der Waals surface area contributed by atoms with E-state index in [0.29, 0.717) is 17.6 Å². The van der Waals surface area contributed by atoms with Gasteiger partial charge in [-0.15, -0.1) is 0 Å². The van der Waals surface area contributed by atoms with Gasteiger partial charge in [0.1, 0.15) is 17.5 Å². The minimum Gasteiger partial charge on any atom is -0.207 e. The number of benzene rings is 2. The molecule has 2 aromatic carbocycles. The lowest BCUT2D eigenvalue weighted by atomic mass is 9.77. The predicted molar refractivity (Wildman–Crippen MR) is 124 cm³/mol. The summed E-state index contributed by atoms with van der Waals surface area (Å²) in [5.41, 5.74) is 0.991. The molecule has 2 aromatic rings. The Balaban J connectivity index is 1.58. The van der Waals surface area contributed by atoms with Gasteiger partial charge in [-0.2, -0.15) is 13.2 Å². The molecule has 0 unspecified atom stereocenters. The molecule has 0 radical (unpaired) electrons. The molecule has 1 saturated carbocycles. The zero-order valence-corrected chi connectivity index (χ0v) is 19.5. The summed E-state index contributed by atoms with van der Waals surface area (Å²) in [6.07, 6.45) is 5.54. The van der Waals surface area contributed by atoms with E-state index in [0.717, 1.165) is 36.5 Å². The second-order valence-corrected chi connectivity index (χ2v) is 9.41. The van der Waals surface area contributed by atoms with Crippen LogP contribution in [0.5, 0.6) is 0 Å². The molecule has 0 amide bonds. The van der Waals surface area contributed by atoms with Gasteiger partial charge >= 0.3 is 6.18 Å². The number of alkyl halides is 3. The van der Waals surface area contributed by atoms with E-state index in [-0.39, 0.29) is 30.3 Å². The zero-order valence-electron chi connectivity index (χ0n) is 19.5. The minimum atomic E-state index is -4.66. The number of hydrogen-bond acceptors (Lipinski definition) is 0. The molecule has 3 rings (SSSR count). The molecular formula is C28H32F6. The molecular weight excluding hydrogens is 450 g/mol. The van der Waals surface area contributed by atoms with Crippen molar-refractivity contribution in [2.75, 3.05) is 0 Å². The maximum Gasteiger partial charge on any atom is 0.409 e. The van der Waals surface area contributed by atoms with E-state index in [1.807, 2.05) is 6.07 Å². The first kappa shape index (κ1) is 26.4. The highest BCUT2D eigenvalue weighted by Crippen LogP contribution is 2.38. The molecule has 1 aliphatic rings. The van der Waals surface area contributed by atoms with Crippen molar-refractivity contribution in [2.24, 2.45) is 5.92 Å². The first-order valence-electron chi connectivity index (χ1n) is 12.2. The fraction of sp³-hybridized carbons (Fsp3) is 0.500. The normalized spacial score (nSPS) is 19.1. The average molecular weight is 483 g/mol. The van der Waals surface area contributed by atoms with E-state index >= 15 is 0 Å². The topological polar surface area (TPSA) is 0 Å². The number of hydrogen-bond donors (Lipinski definition) is 0. The van der Waals surface area contributed by atoms with Crippen LogP contribution < -0.4 is 0 Å². The lowest BCUT2D eigenvalue weighted by Gasteiger charge is -2.29. The maximum atomic E-state index is 14.8. The van der Waals surface area contributed by atoms with Crippen molar-refractivity contribution in [3.8, 4) is 0 Å². The summed E-state index contributed by atoms with van der Waals surface area (Å²) < 4.78 is 79.9. The maximum absolute atomic E-state index is 14.8. The van der Waals surface area contributed by atoms with Crippen LogP contribution in [-0.4, -0.2) is 6.18 Å². The van der Waals surface area contributed by atoms with Crippen LogP contribution in [0.4, 0.5) is 26.3 Å². The van der Waals surface area contributed by atoms with Gasteiger partial charge < -0.3 is 0 Å². The summed E-state index contributed by atoms with van der Waals surface area (Å²) in [5.74, 6) is -1.32. The van der Waals surface area contributed by atoms with Gasteiger partial charge in [0.2, 0.25) is 0 Å². The first-order valence-corrected chi connectivity index (χ1v) is 12.2. The molecule has 0 saturated heterocycles. The van der Waals surface area contributed by atoms with Crippen molar-refractivity contribution in [1.29, 1.82) is 0 Å². The van der Waals surface area contributed by atoms with Gasteiger partial charge in [-0.05, 0) is 91.3 Å². The van der Waals surface area contributed by atoms with Crippen molar-refractivity contribution in [2.45, 2.75) is 83.2 Å². The Morgan fingerprint density at radius 2 is 1.53 bits per heavy atom. The monoisotopic (exact) mass is 482 g/mol. The molecule has 6 heteroatoms. The van der Waals surface area contributed by atoms with Crippen LogP contribution in [-0.2, 0) is 12.8 Å². The highest BCUT2D eigenvalue weighted by atomic mass is 19.4. The molecule has 0 aliphatic heterocycles. The molecule has 1 aliphatic carbocycles. The highest BCUT2D eigenvalue weighted by Gasteiger charge is 2.24. The van der Waals surface area contributed by atoms with Gasteiger partial charge in [-0.25, -0.2) is 13.2 Å². The molecule has 0 aromatic heterocycles. The van der Waals surface area contributed by atoms with E-state index in [1.165, 1.54) is 38.5 Å². The third-order valence-electron chi connectivity index (χ3n) is 6.87. The Labute approximate surface area is 198 Å². The van der Waals surface area contributed by atoms with Crippen molar-refractivity contribution in [1.82, 2.24) is 0 Å². The molecule has 186 valence electrons. The summed E-state index contributed by atoms with van der Waals surface area (Å²) >= 11 is 0. The van der Waals surface area contributed by atoms with Crippen molar-refractivity contribution in [3.63, 3.8) is 0 Å². The predicted octanol–water partition coefficient (Wildman–Crippen LogP) is 9.32. The van der Waals surface area contributed by atoms with E-state index < -0.39 is 23.4 Å². The van der Waals surface area contributed by atoms with Crippen LogP contribution in [0.3, 0.4) is 0 Å². The third kappa shape index (κ3) is 7.64. The molecule has 1 fully saturated rings. The summed E-state index contributed by atoms with van der Waals surface area (Å²) in [5, 5.41) is 0. The van der Waals surface area contributed by atoms with Gasteiger partial charge in [0.05, 0.1) is 0 Å². The third-order valence-corrected chi connectivity index (χ3v) is 6.87. The Bertz CT molecular complexity index is 944. The van der Waals surface area contributed by atoms with E-state index in [9.17, 15) is 26.3 Å². The van der Waals surface area contributed by atoms with E-state index in [2.05, 4.69) is 6.92 Å². The molecule has 0 bridgehead atoms. The summed E-state index contributed by atoms with van der Waals surface area (Å²) in [6.45, 7) is 2.21. The summed E-state index contributed by atoms with van der Waals surface area (Å²) in [6, 6.07) is 7.29. The van der Waals surface area contributed by atoms with Crippen LogP contribution in [0.15, 0.2) is 36.4 Å². The fourth-order valence-corrected chi connectivity index (χ4v) is 4.88. The molecule has 34 heavy (non-hydrogen) atoms. The standard InChI is InChI=1S/C28H32F6/c1-2-3-4-5-19-6-9-21(10-7-19)23-13-12-22(25(29)18-23)11-8-20-16-26(30)24(27(31)17-20)14-15-28(32,33)34/h12-19,21H,2-11H2,1H3/b15-14+. The zero-order chi connectivity index (χ0) is 24.7. The molecule has 0 spiro atoms. The van der Waals surface area contributed by atoms with Gasteiger partial charge in [-0.1, -0.05) is 44.7 Å². The first-order chi connectivity index (χ1) is 16.2. The van der Waals surface area contributed by atoms with Crippen LogP contribution >= 0.6 is 0 Å². The average Bonchev–Trinajstić information content (AvgIpc) is 2.77. The molecule has 0 nitrogen and oxygen atoms in total.